The third-order valence-corrected chi connectivity index (χ3v) is 7.07. The smallest absolute Gasteiger partial charge is 0.408 e. The van der Waals surface area contributed by atoms with Crippen molar-refractivity contribution in [1.29, 1.82) is 5.41 Å². The van der Waals surface area contributed by atoms with Crippen LogP contribution in [0.15, 0.2) is 77.2 Å². The number of alkyl halides is 3. The van der Waals surface area contributed by atoms with Gasteiger partial charge in [0.05, 0.1) is 5.54 Å². The molecule has 1 aromatic heterocycles. The van der Waals surface area contributed by atoms with Gasteiger partial charge in [0.2, 0.25) is 11.8 Å². The first kappa shape index (κ1) is 27.3. The van der Waals surface area contributed by atoms with Gasteiger partial charge in [-0.05, 0) is 66.6 Å². The molecule has 10 heteroatoms. The molecule has 2 atom stereocenters. The van der Waals surface area contributed by atoms with Crippen LogP contribution in [0.4, 0.5) is 13.2 Å². The highest BCUT2D eigenvalue weighted by atomic mass is 19.4. The maximum Gasteiger partial charge on any atom is 0.408 e. The lowest BCUT2D eigenvalue weighted by Crippen LogP contribution is -2.44. The maximum atomic E-state index is 13.7. The number of nitrogens with one attached hydrogen (secondary N) is 1. The summed E-state index contributed by atoms with van der Waals surface area (Å²) >= 11 is 0. The number of hydrogen-bond acceptors (Lipinski definition) is 6. The number of amides is 1. The summed E-state index contributed by atoms with van der Waals surface area (Å²) in [6.45, 7) is 1.78. The predicted molar refractivity (Wildman–Crippen MR) is 145 cm³/mol. The zero-order valence-electron chi connectivity index (χ0n) is 21.8. The summed E-state index contributed by atoms with van der Waals surface area (Å²) in [6, 6.07) is 19.6. The highest BCUT2D eigenvalue weighted by molar-refractivity contribution is 5.98. The second-order valence-corrected chi connectivity index (χ2v) is 10.2. The second kappa shape index (κ2) is 10.7. The Morgan fingerprint density at radius 2 is 1.77 bits per heavy atom. The topological polar surface area (TPSA) is 109 Å². The van der Waals surface area contributed by atoms with Gasteiger partial charge in [-0.2, -0.15) is 13.2 Å². The fourth-order valence-corrected chi connectivity index (χ4v) is 5.10. The molecule has 40 heavy (non-hydrogen) atoms. The quantitative estimate of drug-likeness (QED) is 0.277. The summed E-state index contributed by atoms with van der Waals surface area (Å²) in [5, 5.41) is 16.2. The normalized spacial score (nSPS) is 17.0. The van der Waals surface area contributed by atoms with Crippen LogP contribution in [-0.4, -0.2) is 46.0 Å². The van der Waals surface area contributed by atoms with Crippen molar-refractivity contribution < 1.29 is 22.4 Å². The van der Waals surface area contributed by atoms with E-state index < -0.39 is 23.7 Å². The van der Waals surface area contributed by atoms with Crippen LogP contribution in [0, 0.1) is 5.41 Å². The van der Waals surface area contributed by atoms with Gasteiger partial charge in [0, 0.05) is 23.9 Å². The van der Waals surface area contributed by atoms with Crippen LogP contribution in [-0.2, 0) is 12.0 Å². The first-order valence-corrected chi connectivity index (χ1v) is 12.9. The van der Waals surface area contributed by atoms with E-state index in [-0.39, 0.29) is 36.7 Å². The minimum absolute atomic E-state index is 0.00930. The average molecular weight is 548 g/mol. The van der Waals surface area contributed by atoms with Crippen molar-refractivity contribution in [3.05, 3.63) is 95.4 Å². The molecule has 1 aliphatic rings. The van der Waals surface area contributed by atoms with E-state index >= 15 is 0 Å². The minimum Gasteiger partial charge on any atom is -0.419 e. The summed E-state index contributed by atoms with van der Waals surface area (Å²) in [7, 11) is 0. The highest BCUT2D eigenvalue weighted by Gasteiger charge is 2.48. The van der Waals surface area contributed by atoms with Crippen molar-refractivity contribution in [2.75, 3.05) is 6.54 Å². The van der Waals surface area contributed by atoms with E-state index in [9.17, 15) is 18.0 Å². The number of benzene rings is 3. The molecule has 0 aliphatic carbocycles. The molecule has 1 saturated heterocycles. The number of carbonyl (C=O) groups is 1. The first-order valence-electron chi connectivity index (χ1n) is 12.9. The van der Waals surface area contributed by atoms with Crippen molar-refractivity contribution in [2.45, 2.75) is 43.9 Å². The van der Waals surface area contributed by atoms with Gasteiger partial charge in [-0.15, -0.1) is 10.2 Å². The van der Waals surface area contributed by atoms with Crippen LogP contribution >= 0.6 is 0 Å². The summed E-state index contributed by atoms with van der Waals surface area (Å²) in [5.74, 6) is -0.472. The van der Waals surface area contributed by atoms with Crippen LogP contribution in [0.2, 0.25) is 0 Å². The zero-order chi connectivity index (χ0) is 28.5. The third kappa shape index (κ3) is 5.53. The lowest BCUT2D eigenvalue weighted by atomic mass is 9.94. The largest absolute Gasteiger partial charge is 0.419 e. The van der Waals surface area contributed by atoms with Gasteiger partial charge < -0.3 is 20.5 Å². The Kier molecular flexibility index (Phi) is 7.29. The minimum atomic E-state index is -4.52. The second-order valence-electron chi connectivity index (χ2n) is 10.2. The van der Waals surface area contributed by atoms with Crippen LogP contribution < -0.4 is 5.73 Å². The molecule has 1 amide bonds. The van der Waals surface area contributed by atoms with Gasteiger partial charge in [-0.3, -0.25) is 4.79 Å². The predicted octanol–water partition coefficient (Wildman–Crippen LogP) is 5.98. The van der Waals surface area contributed by atoms with E-state index in [0.717, 1.165) is 10.5 Å². The van der Waals surface area contributed by atoms with Crippen molar-refractivity contribution in [3.63, 3.8) is 0 Å². The van der Waals surface area contributed by atoms with Crippen molar-refractivity contribution >= 4 is 12.1 Å². The Morgan fingerprint density at radius 3 is 2.50 bits per heavy atom. The van der Waals surface area contributed by atoms with Crippen molar-refractivity contribution in [1.82, 2.24) is 15.1 Å². The Hall–Kier alpha value is -4.31. The van der Waals surface area contributed by atoms with E-state index in [1.807, 2.05) is 30.3 Å². The average Bonchev–Trinajstić information content (AvgIpc) is 3.64. The van der Waals surface area contributed by atoms with Crippen molar-refractivity contribution in [2.24, 2.45) is 5.73 Å². The third-order valence-electron chi connectivity index (χ3n) is 7.07. The molecule has 7 nitrogen and oxygen atoms in total. The monoisotopic (exact) mass is 547 g/mol. The Bertz CT molecular complexity index is 1530. The maximum absolute atomic E-state index is 13.7. The number of likely N-dealkylation sites (tertiary alicyclic amines) is 1. The van der Waals surface area contributed by atoms with E-state index in [1.165, 1.54) is 12.3 Å². The fraction of sp³-hybridized carbons (Fsp3) is 0.267. The molecular weight excluding hydrogens is 519 g/mol. The lowest BCUT2D eigenvalue weighted by Gasteiger charge is -2.27. The molecule has 0 spiro atoms. The molecule has 1 unspecified atom stereocenters. The summed E-state index contributed by atoms with van der Waals surface area (Å²) < 4.78 is 47.0. The van der Waals surface area contributed by atoms with Crippen LogP contribution in [0.5, 0.6) is 0 Å². The van der Waals surface area contributed by atoms with Gasteiger partial charge in [0.25, 0.3) is 5.91 Å². The standard InChI is InChI=1S/C30H28F3N5O2/c1-29(35,17-19-8-3-2-4-9-19)28-37-36-26(40-28)22-14-21(24-11-6-5-10-20(24)18-34)15-23(16-22)27(39)38-13-7-12-25(38)30(31,32)33/h2-6,8-11,14-16,18,25,34H,7,12-13,17,35H2,1H3/t25?,29-/m0/s1. The Morgan fingerprint density at radius 1 is 1.07 bits per heavy atom. The number of carbonyl (C=O) groups excluding carboxylic acids is 1. The van der Waals surface area contributed by atoms with Gasteiger partial charge >= 0.3 is 6.18 Å². The number of halogens is 3. The molecule has 5 rings (SSSR count). The fourth-order valence-electron chi connectivity index (χ4n) is 5.10. The van der Waals surface area contributed by atoms with E-state index in [2.05, 4.69) is 10.2 Å². The molecule has 1 aliphatic heterocycles. The molecule has 4 aromatic rings. The van der Waals surface area contributed by atoms with Gasteiger partial charge in [0.1, 0.15) is 6.04 Å². The molecule has 2 heterocycles. The Balaban J connectivity index is 1.57. The van der Waals surface area contributed by atoms with Crippen molar-refractivity contribution in [3.8, 4) is 22.6 Å². The Labute approximate surface area is 229 Å². The number of hydrogen-bond donors (Lipinski definition) is 2. The number of nitrogens with zero attached hydrogens (tertiary/aromatic N) is 3. The molecule has 0 saturated carbocycles. The van der Waals surface area contributed by atoms with E-state index in [4.69, 9.17) is 15.6 Å². The SMILES string of the molecule is C[C@](N)(Cc1ccccc1)c1nnc(-c2cc(C(=O)N3CCCC3C(F)(F)F)cc(-c3ccccc3C=N)c2)o1. The molecule has 1 fully saturated rings. The van der Waals surface area contributed by atoms with E-state index in [1.54, 1.807) is 43.3 Å². The van der Waals surface area contributed by atoms with Gasteiger partial charge in [0.15, 0.2) is 0 Å². The van der Waals surface area contributed by atoms with E-state index in [0.29, 0.717) is 28.7 Å². The first-order chi connectivity index (χ1) is 19.1. The zero-order valence-corrected chi connectivity index (χ0v) is 21.8. The summed E-state index contributed by atoms with van der Waals surface area (Å²) in [6.07, 6.45) is -2.78. The summed E-state index contributed by atoms with van der Waals surface area (Å²) in [4.78, 5) is 14.4. The van der Waals surface area contributed by atoms with Gasteiger partial charge in [-0.1, -0.05) is 54.6 Å². The lowest BCUT2D eigenvalue weighted by molar-refractivity contribution is -0.169. The summed E-state index contributed by atoms with van der Waals surface area (Å²) in [5.41, 5.74) is 8.70. The molecule has 0 radical (unpaired) electrons. The van der Waals surface area contributed by atoms with Crippen LogP contribution in [0.3, 0.4) is 0 Å². The molecule has 3 N–H and O–H groups in total. The van der Waals surface area contributed by atoms with Crippen LogP contribution in [0.25, 0.3) is 22.6 Å². The number of aromatic nitrogens is 2. The molecule has 206 valence electrons. The van der Waals surface area contributed by atoms with Gasteiger partial charge in [-0.25, -0.2) is 0 Å². The highest BCUT2D eigenvalue weighted by Crippen LogP contribution is 2.36. The number of nitrogens with two attached hydrogens (primary N) is 1. The number of rotatable bonds is 7. The molecule has 3 aromatic carbocycles. The molecular formula is C30H28F3N5O2. The van der Waals surface area contributed by atoms with Crippen LogP contribution in [0.1, 0.15) is 47.1 Å². The molecule has 0 bridgehead atoms.